The summed E-state index contributed by atoms with van der Waals surface area (Å²) in [6.45, 7) is 0.0883. The lowest BCUT2D eigenvalue weighted by atomic mass is 10.3. The Morgan fingerprint density at radius 3 is 2.63 bits per heavy atom. The lowest BCUT2D eigenvalue weighted by Crippen LogP contribution is -2.00. The molecule has 0 atom stereocenters. The zero-order valence-electron chi connectivity index (χ0n) is 9.42. The maximum atomic E-state index is 10.6. The molecule has 1 aromatic heterocycles. The van der Waals surface area contributed by atoms with Crippen LogP contribution in [0.25, 0.3) is 0 Å². The number of nitro benzene ring substituents is 1. The number of nitrogens with zero attached hydrogens (tertiary/aromatic N) is 3. The van der Waals surface area contributed by atoms with Crippen molar-refractivity contribution in [2.24, 2.45) is 0 Å². The van der Waals surface area contributed by atoms with Crippen molar-refractivity contribution >= 4 is 28.9 Å². The standard InChI is InChI=1S/C11H7Cl2N3O3/c12-9-3-2-8(16(17)18)5-10(9)19-6-7-1-4-11(13)15-14-7/h1-5H,6H2. The lowest BCUT2D eigenvalue weighted by molar-refractivity contribution is -0.384. The molecule has 8 heteroatoms. The van der Waals surface area contributed by atoms with Gasteiger partial charge in [-0.2, -0.15) is 5.10 Å². The molecule has 2 aromatic rings. The minimum absolute atomic E-state index is 0.0883. The summed E-state index contributed by atoms with van der Waals surface area (Å²) in [5, 5.41) is 18.7. The summed E-state index contributed by atoms with van der Waals surface area (Å²) in [4.78, 5) is 10.1. The third-order valence-electron chi connectivity index (χ3n) is 2.19. The number of halogens is 2. The van der Waals surface area contributed by atoms with E-state index in [1.165, 1.54) is 18.2 Å². The fourth-order valence-electron chi connectivity index (χ4n) is 1.29. The Balaban J connectivity index is 2.12. The number of aromatic nitrogens is 2. The summed E-state index contributed by atoms with van der Waals surface area (Å²) < 4.78 is 5.37. The van der Waals surface area contributed by atoms with Crippen LogP contribution in [0.4, 0.5) is 5.69 Å². The van der Waals surface area contributed by atoms with Crippen LogP contribution in [0.1, 0.15) is 5.69 Å². The second-order valence-electron chi connectivity index (χ2n) is 3.51. The second-order valence-corrected chi connectivity index (χ2v) is 4.30. The minimum atomic E-state index is -0.523. The Kier molecular flexibility index (Phi) is 4.13. The third-order valence-corrected chi connectivity index (χ3v) is 2.70. The predicted octanol–water partition coefficient (Wildman–Crippen LogP) is 3.27. The van der Waals surface area contributed by atoms with Crippen LogP contribution in [0.3, 0.4) is 0 Å². The van der Waals surface area contributed by atoms with E-state index in [0.717, 1.165) is 0 Å². The van der Waals surface area contributed by atoms with Crippen molar-refractivity contribution in [3.05, 3.63) is 56.3 Å². The van der Waals surface area contributed by atoms with Gasteiger partial charge in [0.15, 0.2) is 5.15 Å². The van der Waals surface area contributed by atoms with E-state index < -0.39 is 4.92 Å². The highest BCUT2D eigenvalue weighted by atomic mass is 35.5. The molecule has 0 bridgehead atoms. The summed E-state index contributed by atoms with van der Waals surface area (Å²) >= 11 is 11.5. The molecule has 0 spiro atoms. The van der Waals surface area contributed by atoms with Gasteiger partial charge in [-0.05, 0) is 18.2 Å². The highest BCUT2D eigenvalue weighted by Crippen LogP contribution is 2.29. The highest BCUT2D eigenvalue weighted by molar-refractivity contribution is 6.32. The fourth-order valence-corrected chi connectivity index (χ4v) is 1.56. The SMILES string of the molecule is O=[N+]([O-])c1ccc(Cl)c(OCc2ccc(Cl)nn2)c1. The summed E-state index contributed by atoms with van der Waals surface area (Å²) in [5.74, 6) is 0.215. The first kappa shape index (κ1) is 13.5. The summed E-state index contributed by atoms with van der Waals surface area (Å²) in [6, 6.07) is 7.18. The number of hydrogen-bond acceptors (Lipinski definition) is 5. The van der Waals surface area contributed by atoms with Crippen molar-refractivity contribution in [1.82, 2.24) is 10.2 Å². The zero-order valence-corrected chi connectivity index (χ0v) is 10.9. The number of non-ortho nitro benzene ring substituents is 1. The molecule has 0 aliphatic heterocycles. The topological polar surface area (TPSA) is 78.2 Å². The van der Waals surface area contributed by atoms with Gasteiger partial charge in [0.25, 0.3) is 5.69 Å². The Hall–Kier alpha value is -1.92. The Morgan fingerprint density at radius 1 is 1.21 bits per heavy atom. The van der Waals surface area contributed by atoms with Gasteiger partial charge in [0.1, 0.15) is 18.1 Å². The first-order valence-corrected chi connectivity index (χ1v) is 5.86. The fraction of sp³-hybridized carbons (Fsp3) is 0.0909. The van der Waals surface area contributed by atoms with E-state index >= 15 is 0 Å². The molecule has 6 nitrogen and oxygen atoms in total. The first-order valence-electron chi connectivity index (χ1n) is 5.11. The van der Waals surface area contributed by atoms with E-state index in [1.807, 2.05) is 0 Å². The number of benzene rings is 1. The normalized spacial score (nSPS) is 10.2. The van der Waals surface area contributed by atoms with E-state index in [1.54, 1.807) is 12.1 Å². The van der Waals surface area contributed by atoms with Gasteiger partial charge >= 0.3 is 0 Å². The van der Waals surface area contributed by atoms with Crippen molar-refractivity contribution in [3.8, 4) is 5.75 Å². The summed E-state index contributed by atoms with van der Waals surface area (Å²) in [5.41, 5.74) is 0.438. The highest BCUT2D eigenvalue weighted by Gasteiger charge is 2.11. The van der Waals surface area contributed by atoms with Crippen LogP contribution in [0.2, 0.25) is 10.2 Å². The molecule has 0 aliphatic rings. The van der Waals surface area contributed by atoms with E-state index in [9.17, 15) is 10.1 Å². The molecule has 1 heterocycles. The van der Waals surface area contributed by atoms with Gasteiger partial charge in [-0.3, -0.25) is 10.1 Å². The van der Waals surface area contributed by atoms with Crippen LogP contribution in [0.5, 0.6) is 5.75 Å². The van der Waals surface area contributed by atoms with Crippen LogP contribution in [-0.4, -0.2) is 15.1 Å². The second kappa shape index (κ2) is 5.81. The van der Waals surface area contributed by atoms with E-state index in [-0.39, 0.29) is 28.2 Å². The van der Waals surface area contributed by atoms with Gasteiger partial charge in [0.05, 0.1) is 16.0 Å². The van der Waals surface area contributed by atoms with Gasteiger partial charge in [0.2, 0.25) is 0 Å². The molecule has 0 saturated heterocycles. The molecule has 1 aromatic carbocycles. The van der Waals surface area contributed by atoms with Crippen molar-refractivity contribution in [3.63, 3.8) is 0 Å². The molecule has 98 valence electrons. The molecule has 0 saturated carbocycles. The van der Waals surface area contributed by atoms with Gasteiger partial charge in [-0.15, -0.1) is 5.10 Å². The average molecular weight is 300 g/mol. The average Bonchev–Trinajstić information content (AvgIpc) is 2.39. The quantitative estimate of drug-likeness (QED) is 0.639. The van der Waals surface area contributed by atoms with Crippen LogP contribution in [0, 0.1) is 10.1 Å². The molecule has 0 amide bonds. The van der Waals surface area contributed by atoms with Crippen molar-refractivity contribution in [2.45, 2.75) is 6.61 Å². The third kappa shape index (κ3) is 3.52. The lowest BCUT2D eigenvalue weighted by Gasteiger charge is -2.06. The molecule has 0 N–H and O–H groups in total. The number of rotatable bonds is 4. The maximum absolute atomic E-state index is 10.6. The van der Waals surface area contributed by atoms with Crippen molar-refractivity contribution in [1.29, 1.82) is 0 Å². The summed E-state index contributed by atoms with van der Waals surface area (Å²) in [6.07, 6.45) is 0. The zero-order chi connectivity index (χ0) is 13.8. The molecule has 0 aliphatic carbocycles. The number of ether oxygens (including phenoxy) is 1. The Morgan fingerprint density at radius 2 is 2.00 bits per heavy atom. The molecule has 0 unspecified atom stereocenters. The predicted molar refractivity (Wildman–Crippen MR) is 69.5 cm³/mol. The first-order chi connectivity index (χ1) is 9.06. The number of hydrogen-bond donors (Lipinski definition) is 0. The van der Waals surface area contributed by atoms with E-state index in [0.29, 0.717) is 5.69 Å². The van der Waals surface area contributed by atoms with Crippen LogP contribution in [0.15, 0.2) is 30.3 Å². The van der Waals surface area contributed by atoms with E-state index in [2.05, 4.69) is 10.2 Å². The Labute approximate surface area is 118 Å². The van der Waals surface area contributed by atoms with Gasteiger partial charge in [-0.25, -0.2) is 0 Å². The molecular weight excluding hydrogens is 293 g/mol. The van der Waals surface area contributed by atoms with Gasteiger partial charge in [0, 0.05) is 6.07 Å². The monoisotopic (exact) mass is 299 g/mol. The Bertz CT molecular complexity index is 605. The van der Waals surface area contributed by atoms with Crippen molar-refractivity contribution in [2.75, 3.05) is 0 Å². The van der Waals surface area contributed by atoms with Gasteiger partial charge < -0.3 is 4.74 Å². The molecule has 19 heavy (non-hydrogen) atoms. The van der Waals surface area contributed by atoms with Gasteiger partial charge in [-0.1, -0.05) is 23.2 Å². The molecule has 0 fully saturated rings. The van der Waals surface area contributed by atoms with Crippen LogP contribution in [-0.2, 0) is 6.61 Å². The van der Waals surface area contributed by atoms with Crippen molar-refractivity contribution < 1.29 is 9.66 Å². The summed E-state index contributed by atoms with van der Waals surface area (Å²) in [7, 11) is 0. The number of nitro groups is 1. The minimum Gasteiger partial charge on any atom is -0.485 e. The molecule has 2 rings (SSSR count). The maximum Gasteiger partial charge on any atom is 0.273 e. The van der Waals surface area contributed by atoms with Crippen LogP contribution >= 0.6 is 23.2 Å². The van der Waals surface area contributed by atoms with E-state index in [4.69, 9.17) is 27.9 Å². The molecular formula is C11H7Cl2N3O3. The smallest absolute Gasteiger partial charge is 0.273 e. The largest absolute Gasteiger partial charge is 0.485 e. The molecule has 0 radical (unpaired) electrons. The van der Waals surface area contributed by atoms with Crippen LogP contribution < -0.4 is 4.74 Å².